The van der Waals surface area contributed by atoms with Gasteiger partial charge in [0, 0.05) is 27.7 Å². The van der Waals surface area contributed by atoms with Gasteiger partial charge in [0.25, 0.3) is 5.91 Å². The molecule has 0 radical (unpaired) electrons. The number of anilines is 1. The van der Waals surface area contributed by atoms with Crippen molar-refractivity contribution in [2.45, 2.75) is 6.92 Å². The van der Waals surface area contributed by atoms with E-state index < -0.39 is 42.6 Å². The highest BCUT2D eigenvalue weighted by molar-refractivity contribution is 6.31. The topological polar surface area (TPSA) is 97.6 Å². The Bertz CT molecular complexity index is 1150. The van der Waals surface area contributed by atoms with Gasteiger partial charge in [-0.2, -0.15) is 0 Å². The molecule has 30 heavy (non-hydrogen) atoms. The standard InChI is InChI=1S/C20H15ClF2N2O5/c1-10-13-6-11(21)2-5-16(13)30-19(10)20(28)29-9-18(27)24-8-17(26)25-12-3-4-14(22)15(23)7-12/h2-7H,8-9H2,1H3,(H,24,27)(H,25,26). The summed E-state index contributed by atoms with van der Waals surface area (Å²) in [6.07, 6.45) is 0. The monoisotopic (exact) mass is 436 g/mol. The maximum absolute atomic E-state index is 13.1. The lowest BCUT2D eigenvalue weighted by Crippen LogP contribution is -2.35. The molecule has 0 atom stereocenters. The Labute approximate surface area is 173 Å². The van der Waals surface area contributed by atoms with Crippen LogP contribution in [0.25, 0.3) is 11.0 Å². The van der Waals surface area contributed by atoms with Crippen LogP contribution in [-0.2, 0) is 14.3 Å². The first-order valence-electron chi connectivity index (χ1n) is 8.62. The van der Waals surface area contributed by atoms with E-state index in [9.17, 15) is 23.2 Å². The van der Waals surface area contributed by atoms with Crippen molar-refractivity contribution in [1.82, 2.24) is 5.32 Å². The first kappa shape index (κ1) is 21.3. The number of hydrogen-bond acceptors (Lipinski definition) is 5. The van der Waals surface area contributed by atoms with E-state index in [4.69, 9.17) is 20.8 Å². The Kier molecular flexibility index (Phi) is 6.31. The molecule has 0 unspecified atom stereocenters. The minimum absolute atomic E-state index is 0.0278. The van der Waals surface area contributed by atoms with Crippen LogP contribution in [0.4, 0.5) is 14.5 Å². The van der Waals surface area contributed by atoms with E-state index in [0.29, 0.717) is 21.6 Å². The Morgan fingerprint density at radius 1 is 1.07 bits per heavy atom. The first-order chi connectivity index (χ1) is 14.2. The van der Waals surface area contributed by atoms with Crippen molar-refractivity contribution in [3.8, 4) is 0 Å². The molecule has 0 aliphatic heterocycles. The number of rotatable bonds is 6. The predicted molar refractivity (Wildman–Crippen MR) is 104 cm³/mol. The summed E-state index contributed by atoms with van der Waals surface area (Å²) in [7, 11) is 0. The maximum atomic E-state index is 13.1. The SMILES string of the molecule is Cc1c(C(=O)OCC(=O)NCC(=O)Nc2ccc(F)c(F)c2)oc2ccc(Cl)cc12. The molecule has 2 N–H and O–H groups in total. The highest BCUT2D eigenvalue weighted by atomic mass is 35.5. The summed E-state index contributed by atoms with van der Waals surface area (Å²) in [5.74, 6) is -4.48. The largest absolute Gasteiger partial charge is 0.450 e. The zero-order valence-electron chi connectivity index (χ0n) is 15.6. The van der Waals surface area contributed by atoms with Crippen LogP contribution in [0.2, 0.25) is 5.02 Å². The van der Waals surface area contributed by atoms with Gasteiger partial charge in [-0.3, -0.25) is 9.59 Å². The minimum atomic E-state index is -1.12. The van der Waals surface area contributed by atoms with Crippen molar-refractivity contribution in [2.24, 2.45) is 0 Å². The normalized spacial score (nSPS) is 10.7. The molecule has 0 aliphatic rings. The van der Waals surface area contributed by atoms with E-state index in [1.807, 2.05) is 0 Å². The Morgan fingerprint density at radius 3 is 2.57 bits per heavy atom. The Morgan fingerprint density at radius 2 is 1.83 bits per heavy atom. The number of halogens is 3. The zero-order chi connectivity index (χ0) is 21.8. The highest BCUT2D eigenvalue weighted by Crippen LogP contribution is 2.28. The lowest BCUT2D eigenvalue weighted by molar-refractivity contribution is -0.126. The van der Waals surface area contributed by atoms with Crippen molar-refractivity contribution in [3.05, 3.63) is 64.4 Å². The van der Waals surface area contributed by atoms with E-state index in [1.165, 1.54) is 6.07 Å². The first-order valence-corrected chi connectivity index (χ1v) is 9.00. The number of esters is 1. The number of benzene rings is 2. The van der Waals surface area contributed by atoms with Gasteiger partial charge in [-0.25, -0.2) is 13.6 Å². The van der Waals surface area contributed by atoms with Crippen LogP contribution in [0, 0.1) is 18.6 Å². The van der Waals surface area contributed by atoms with Gasteiger partial charge in [0.15, 0.2) is 18.2 Å². The van der Waals surface area contributed by atoms with Crippen molar-refractivity contribution in [2.75, 3.05) is 18.5 Å². The van der Waals surface area contributed by atoms with Gasteiger partial charge in [-0.05, 0) is 37.3 Å². The second-order valence-corrected chi connectivity index (χ2v) is 6.66. The van der Waals surface area contributed by atoms with E-state index >= 15 is 0 Å². The molecule has 2 amide bonds. The van der Waals surface area contributed by atoms with Crippen LogP contribution in [0.1, 0.15) is 16.1 Å². The van der Waals surface area contributed by atoms with Gasteiger partial charge in [-0.1, -0.05) is 11.6 Å². The van der Waals surface area contributed by atoms with Crippen molar-refractivity contribution < 1.29 is 32.3 Å². The lowest BCUT2D eigenvalue weighted by atomic mass is 10.1. The van der Waals surface area contributed by atoms with Crippen LogP contribution in [0.15, 0.2) is 40.8 Å². The molecule has 0 fully saturated rings. The lowest BCUT2D eigenvalue weighted by Gasteiger charge is -2.07. The van der Waals surface area contributed by atoms with Crippen molar-refractivity contribution in [3.63, 3.8) is 0 Å². The molecule has 1 aromatic heterocycles. The van der Waals surface area contributed by atoms with E-state index in [-0.39, 0.29) is 11.4 Å². The van der Waals surface area contributed by atoms with Crippen molar-refractivity contribution in [1.29, 1.82) is 0 Å². The third kappa shape index (κ3) is 4.93. The molecule has 7 nitrogen and oxygen atoms in total. The predicted octanol–water partition coefficient (Wildman–Crippen LogP) is 3.58. The quantitative estimate of drug-likeness (QED) is 0.575. The number of nitrogens with one attached hydrogen (secondary N) is 2. The van der Waals surface area contributed by atoms with Crippen LogP contribution in [0.5, 0.6) is 0 Å². The Hall–Kier alpha value is -3.46. The average molecular weight is 437 g/mol. The fraction of sp³-hybridized carbons (Fsp3) is 0.150. The third-order valence-electron chi connectivity index (χ3n) is 4.07. The fourth-order valence-electron chi connectivity index (χ4n) is 2.59. The number of furan rings is 1. The van der Waals surface area contributed by atoms with Gasteiger partial charge in [0.2, 0.25) is 11.7 Å². The zero-order valence-corrected chi connectivity index (χ0v) is 16.3. The smallest absolute Gasteiger partial charge is 0.375 e. The molecule has 0 aliphatic carbocycles. The summed E-state index contributed by atoms with van der Waals surface area (Å²) < 4.78 is 36.3. The van der Waals surface area contributed by atoms with Gasteiger partial charge in [-0.15, -0.1) is 0 Å². The van der Waals surface area contributed by atoms with Gasteiger partial charge in [0.05, 0.1) is 6.54 Å². The molecule has 156 valence electrons. The van der Waals surface area contributed by atoms with Crippen molar-refractivity contribution >= 4 is 46.0 Å². The summed E-state index contributed by atoms with van der Waals surface area (Å²) >= 11 is 5.93. The molecule has 0 saturated heterocycles. The highest BCUT2D eigenvalue weighted by Gasteiger charge is 2.20. The summed E-state index contributed by atoms with van der Waals surface area (Å²) in [4.78, 5) is 35.8. The molecule has 1 heterocycles. The molecule has 3 rings (SSSR count). The number of aryl methyl sites for hydroxylation is 1. The average Bonchev–Trinajstić information content (AvgIpc) is 3.03. The van der Waals surface area contributed by atoms with Crippen LogP contribution in [-0.4, -0.2) is 30.9 Å². The number of carbonyl (C=O) groups excluding carboxylic acids is 3. The molecular weight excluding hydrogens is 422 g/mol. The summed E-state index contributed by atoms with van der Waals surface area (Å²) in [6.45, 7) is 0.549. The molecule has 10 heteroatoms. The number of hydrogen-bond donors (Lipinski definition) is 2. The maximum Gasteiger partial charge on any atom is 0.375 e. The number of fused-ring (bicyclic) bond motifs is 1. The second kappa shape index (κ2) is 8.91. The molecule has 0 spiro atoms. The van der Waals surface area contributed by atoms with Crippen LogP contribution < -0.4 is 10.6 Å². The number of carbonyl (C=O) groups is 3. The van der Waals surface area contributed by atoms with Gasteiger partial charge < -0.3 is 19.8 Å². The van der Waals surface area contributed by atoms with Gasteiger partial charge >= 0.3 is 5.97 Å². The summed E-state index contributed by atoms with van der Waals surface area (Å²) in [5, 5.41) is 5.65. The second-order valence-electron chi connectivity index (χ2n) is 6.23. The van der Waals surface area contributed by atoms with E-state index in [1.54, 1.807) is 25.1 Å². The number of amides is 2. The molecule has 0 bridgehead atoms. The minimum Gasteiger partial charge on any atom is -0.450 e. The van der Waals surface area contributed by atoms with E-state index in [0.717, 1.165) is 12.1 Å². The molecule has 2 aromatic carbocycles. The molecule has 0 saturated carbocycles. The van der Waals surface area contributed by atoms with E-state index in [2.05, 4.69) is 10.6 Å². The fourth-order valence-corrected chi connectivity index (χ4v) is 2.77. The molecule has 3 aromatic rings. The molecular formula is C20H15ClF2N2O5. The Balaban J connectivity index is 1.49. The van der Waals surface area contributed by atoms with Gasteiger partial charge in [0.1, 0.15) is 5.58 Å². The van der Waals surface area contributed by atoms with Crippen LogP contribution >= 0.6 is 11.6 Å². The van der Waals surface area contributed by atoms with Crippen LogP contribution in [0.3, 0.4) is 0 Å². The summed E-state index contributed by atoms with van der Waals surface area (Å²) in [6, 6.07) is 7.70. The third-order valence-corrected chi connectivity index (χ3v) is 4.30. The number of ether oxygens (including phenoxy) is 1. The summed E-state index contributed by atoms with van der Waals surface area (Å²) in [5.41, 5.74) is 0.992.